The molecule has 0 fully saturated rings. The van der Waals surface area contributed by atoms with Gasteiger partial charge in [-0.05, 0) is 18.6 Å². The van der Waals surface area contributed by atoms with Crippen LogP contribution in [0.5, 0.6) is 0 Å². The molecule has 0 saturated heterocycles. The highest BCUT2D eigenvalue weighted by atomic mass is 16.4. The van der Waals surface area contributed by atoms with E-state index in [1.807, 2.05) is 54.0 Å². The van der Waals surface area contributed by atoms with Gasteiger partial charge in [-0.3, -0.25) is 0 Å². The van der Waals surface area contributed by atoms with Crippen molar-refractivity contribution in [1.29, 1.82) is 0 Å². The molecule has 0 radical (unpaired) electrons. The van der Waals surface area contributed by atoms with E-state index in [9.17, 15) is 4.79 Å². The number of benzene rings is 1. The van der Waals surface area contributed by atoms with Gasteiger partial charge in [-0.25, -0.2) is 4.79 Å². The second kappa shape index (κ2) is 5.36. The van der Waals surface area contributed by atoms with E-state index < -0.39 is 5.97 Å². The molecule has 2 rings (SSSR count). The van der Waals surface area contributed by atoms with Crippen molar-refractivity contribution in [3.8, 4) is 0 Å². The van der Waals surface area contributed by atoms with E-state index in [0.29, 0.717) is 12.1 Å². The van der Waals surface area contributed by atoms with Gasteiger partial charge in [0.2, 0.25) is 0 Å². The normalized spacial score (nSPS) is 10.9. The minimum atomic E-state index is -0.877. The summed E-state index contributed by atoms with van der Waals surface area (Å²) in [7, 11) is 0. The highest BCUT2D eigenvalue weighted by molar-refractivity contribution is 5.88. The van der Waals surface area contributed by atoms with Crippen molar-refractivity contribution in [1.82, 2.24) is 4.57 Å². The molecule has 18 heavy (non-hydrogen) atoms. The fourth-order valence-electron chi connectivity index (χ4n) is 1.84. The Hall–Kier alpha value is -2.29. The van der Waals surface area contributed by atoms with Gasteiger partial charge >= 0.3 is 5.97 Å². The van der Waals surface area contributed by atoms with Gasteiger partial charge < -0.3 is 9.67 Å². The quantitative estimate of drug-likeness (QED) is 0.893. The van der Waals surface area contributed by atoms with Crippen LogP contribution < -0.4 is 0 Å². The Morgan fingerprint density at radius 1 is 1.28 bits per heavy atom. The highest BCUT2D eigenvalue weighted by Crippen LogP contribution is 2.10. The number of hydrogen-bond donors (Lipinski definition) is 1. The number of hydrogen-bond acceptors (Lipinski definition) is 1. The van der Waals surface area contributed by atoms with Gasteiger partial charge in [0.05, 0.1) is 5.56 Å². The first-order chi connectivity index (χ1) is 8.68. The van der Waals surface area contributed by atoms with Crippen LogP contribution in [0.3, 0.4) is 0 Å². The molecule has 0 bridgehead atoms. The van der Waals surface area contributed by atoms with Gasteiger partial charge in [-0.2, -0.15) is 0 Å². The van der Waals surface area contributed by atoms with Crippen LogP contribution in [-0.4, -0.2) is 15.6 Å². The standard InChI is InChI=1S/C15H15NO2/c1-12-14(15(17)18)9-11-16(12)10-5-8-13-6-3-2-4-7-13/h2-9,11H,10H2,1H3,(H,17,18)/b8-5+. The smallest absolute Gasteiger partial charge is 0.337 e. The maximum absolute atomic E-state index is 10.9. The van der Waals surface area contributed by atoms with E-state index >= 15 is 0 Å². The van der Waals surface area contributed by atoms with Crippen LogP contribution in [-0.2, 0) is 6.54 Å². The van der Waals surface area contributed by atoms with Crippen LogP contribution in [0.1, 0.15) is 21.6 Å². The zero-order valence-electron chi connectivity index (χ0n) is 10.2. The van der Waals surface area contributed by atoms with Crippen LogP contribution in [0.4, 0.5) is 0 Å². The van der Waals surface area contributed by atoms with Gasteiger partial charge in [-0.1, -0.05) is 42.5 Å². The number of allylic oxidation sites excluding steroid dienone is 1. The van der Waals surface area contributed by atoms with Gasteiger partial charge in [0.1, 0.15) is 0 Å². The van der Waals surface area contributed by atoms with Crippen LogP contribution in [0.15, 0.2) is 48.7 Å². The average molecular weight is 241 g/mol. The number of aromatic nitrogens is 1. The third-order valence-corrected chi connectivity index (χ3v) is 2.88. The number of carbonyl (C=O) groups is 1. The third-order valence-electron chi connectivity index (χ3n) is 2.88. The van der Waals surface area contributed by atoms with E-state index in [4.69, 9.17) is 5.11 Å². The molecule has 1 heterocycles. The Balaban J connectivity index is 2.07. The van der Waals surface area contributed by atoms with Crippen molar-refractivity contribution in [2.45, 2.75) is 13.5 Å². The Bertz CT molecular complexity index is 567. The molecule has 1 aromatic heterocycles. The zero-order valence-corrected chi connectivity index (χ0v) is 10.2. The average Bonchev–Trinajstić information content (AvgIpc) is 2.73. The first-order valence-electron chi connectivity index (χ1n) is 5.79. The second-order valence-corrected chi connectivity index (χ2v) is 4.09. The maximum atomic E-state index is 10.9. The predicted molar refractivity (Wildman–Crippen MR) is 71.6 cm³/mol. The summed E-state index contributed by atoms with van der Waals surface area (Å²) < 4.78 is 1.92. The van der Waals surface area contributed by atoms with Crippen molar-refractivity contribution in [3.63, 3.8) is 0 Å². The second-order valence-electron chi connectivity index (χ2n) is 4.09. The molecule has 3 heteroatoms. The summed E-state index contributed by atoms with van der Waals surface area (Å²) in [5.74, 6) is -0.877. The highest BCUT2D eigenvalue weighted by Gasteiger charge is 2.09. The lowest BCUT2D eigenvalue weighted by atomic mass is 10.2. The van der Waals surface area contributed by atoms with Crippen molar-refractivity contribution < 1.29 is 9.90 Å². The van der Waals surface area contributed by atoms with Crippen molar-refractivity contribution in [2.75, 3.05) is 0 Å². The van der Waals surface area contributed by atoms with E-state index in [1.54, 1.807) is 12.3 Å². The molecule has 1 aromatic carbocycles. The molecule has 0 saturated carbocycles. The lowest BCUT2D eigenvalue weighted by Gasteiger charge is -2.02. The van der Waals surface area contributed by atoms with Crippen molar-refractivity contribution >= 4 is 12.0 Å². The summed E-state index contributed by atoms with van der Waals surface area (Å²) in [6.45, 7) is 2.49. The molecule has 0 aliphatic rings. The molecule has 92 valence electrons. The lowest BCUT2D eigenvalue weighted by Crippen LogP contribution is -2.01. The minimum absolute atomic E-state index is 0.364. The molecular weight excluding hydrogens is 226 g/mol. The van der Waals surface area contributed by atoms with Crippen LogP contribution in [0.2, 0.25) is 0 Å². The summed E-state index contributed by atoms with van der Waals surface area (Å²) in [6.07, 6.45) is 5.85. The molecule has 0 amide bonds. The van der Waals surface area contributed by atoms with E-state index in [0.717, 1.165) is 11.3 Å². The lowest BCUT2D eigenvalue weighted by molar-refractivity contribution is 0.0696. The minimum Gasteiger partial charge on any atom is -0.478 e. The van der Waals surface area contributed by atoms with Gasteiger partial charge in [0.25, 0.3) is 0 Å². The molecule has 1 N–H and O–H groups in total. The van der Waals surface area contributed by atoms with Crippen LogP contribution in [0, 0.1) is 6.92 Å². The molecular formula is C15H15NO2. The largest absolute Gasteiger partial charge is 0.478 e. The van der Waals surface area contributed by atoms with Crippen LogP contribution >= 0.6 is 0 Å². The fourth-order valence-corrected chi connectivity index (χ4v) is 1.84. The van der Waals surface area contributed by atoms with E-state index in [1.165, 1.54) is 0 Å². The Morgan fingerprint density at radius 2 is 2.00 bits per heavy atom. The topological polar surface area (TPSA) is 42.2 Å². The zero-order chi connectivity index (χ0) is 13.0. The first kappa shape index (κ1) is 12.2. The van der Waals surface area contributed by atoms with E-state index in [2.05, 4.69) is 0 Å². The predicted octanol–water partition coefficient (Wildman–Crippen LogP) is 3.21. The number of nitrogens with zero attached hydrogens (tertiary/aromatic N) is 1. The number of carboxylic acids is 1. The van der Waals surface area contributed by atoms with Crippen LogP contribution in [0.25, 0.3) is 6.08 Å². The number of aromatic carboxylic acids is 1. The molecule has 3 nitrogen and oxygen atoms in total. The molecule has 0 aliphatic carbocycles. The molecule has 2 aromatic rings. The Kier molecular flexibility index (Phi) is 3.63. The molecule has 0 spiro atoms. The maximum Gasteiger partial charge on any atom is 0.337 e. The van der Waals surface area contributed by atoms with Crippen molar-refractivity contribution in [2.24, 2.45) is 0 Å². The molecule has 0 atom stereocenters. The summed E-state index contributed by atoms with van der Waals surface area (Å²) in [4.78, 5) is 10.9. The number of carboxylic acid groups (broad SMARTS) is 1. The first-order valence-corrected chi connectivity index (χ1v) is 5.79. The monoisotopic (exact) mass is 241 g/mol. The van der Waals surface area contributed by atoms with Gasteiger partial charge in [-0.15, -0.1) is 0 Å². The number of rotatable bonds is 4. The SMILES string of the molecule is Cc1c(C(=O)O)ccn1C/C=C/c1ccccc1. The van der Waals surface area contributed by atoms with Gasteiger partial charge in [0.15, 0.2) is 0 Å². The van der Waals surface area contributed by atoms with Gasteiger partial charge in [0, 0.05) is 18.4 Å². The Labute approximate surface area is 106 Å². The summed E-state index contributed by atoms with van der Waals surface area (Å²) in [5.41, 5.74) is 2.28. The summed E-state index contributed by atoms with van der Waals surface area (Å²) >= 11 is 0. The fraction of sp³-hybridized carbons (Fsp3) is 0.133. The van der Waals surface area contributed by atoms with Crippen molar-refractivity contribution in [3.05, 3.63) is 65.5 Å². The molecule has 0 aliphatic heterocycles. The third kappa shape index (κ3) is 2.69. The Morgan fingerprint density at radius 3 is 2.61 bits per heavy atom. The molecule has 0 unspecified atom stereocenters. The van der Waals surface area contributed by atoms with E-state index in [-0.39, 0.29) is 0 Å². The summed E-state index contributed by atoms with van der Waals surface area (Å²) in [5, 5.41) is 8.95. The summed E-state index contributed by atoms with van der Waals surface area (Å²) in [6, 6.07) is 11.6.